The second-order valence-electron chi connectivity index (χ2n) is 6.21. The van der Waals surface area contributed by atoms with E-state index < -0.39 is 0 Å². The fourth-order valence-electron chi connectivity index (χ4n) is 3.33. The fraction of sp³-hybridized carbons (Fsp3) is 0.333. The van der Waals surface area contributed by atoms with E-state index in [9.17, 15) is 4.79 Å². The van der Waals surface area contributed by atoms with Gasteiger partial charge in [0.25, 0.3) is 5.91 Å². The molecule has 0 N–H and O–H groups in total. The van der Waals surface area contributed by atoms with Crippen LogP contribution in [0.25, 0.3) is 10.9 Å². The molecule has 3 aromatic rings. The summed E-state index contributed by atoms with van der Waals surface area (Å²) in [4.78, 5) is 23.5. The van der Waals surface area contributed by atoms with Gasteiger partial charge in [0.05, 0.1) is 5.52 Å². The number of pyridine rings is 2. The molecule has 0 radical (unpaired) electrons. The summed E-state index contributed by atoms with van der Waals surface area (Å²) in [5, 5.41) is 5.14. The molecule has 0 bridgehead atoms. The van der Waals surface area contributed by atoms with Crippen LogP contribution in [0.4, 0.5) is 0 Å². The maximum absolute atomic E-state index is 12.5. The van der Waals surface area contributed by atoms with Crippen LogP contribution in [0.15, 0.2) is 42.9 Å². The Hall–Kier alpha value is -2.76. The molecule has 0 aromatic carbocycles. The van der Waals surface area contributed by atoms with Crippen molar-refractivity contribution in [3.8, 4) is 0 Å². The van der Waals surface area contributed by atoms with E-state index in [-0.39, 0.29) is 5.91 Å². The standard InChI is InChI=1S/C18H19N5O/c1-22-17(4-8-21-22)18(24)23-9-5-13(6-10-23)15-11-16-14(12-20-15)3-2-7-19-16/h2-4,7-8,11-13H,5-6,9-10H2,1H3. The summed E-state index contributed by atoms with van der Waals surface area (Å²) in [5.41, 5.74) is 2.70. The molecular formula is C18H19N5O. The first-order valence-corrected chi connectivity index (χ1v) is 8.20. The molecule has 3 aromatic heterocycles. The third-order valence-corrected chi connectivity index (χ3v) is 4.75. The van der Waals surface area contributed by atoms with Gasteiger partial charge in [-0.25, -0.2) is 0 Å². The summed E-state index contributed by atoms with van der Waals surface area (Å²) in [6.07, 6.45) is 7.21. The second-order valence-corrected chi connectivity index (χ2v) is 6.21. The fourth-order valence-corrected chi connectivity index (χ4v) is 3.33. The lowest BCUT2D eigenvalue weighted by Crippen LogP contribution is -2.38. The van der Waals surface area contributed by atoms with Gasteiger partial charge in [-0.15, -0.1) is 0 Å². The molecule has 0 unspecified atom stereocenters. The number of hydrogen-bond acceptors (Lipinski definition) is 4. The van der Waals surface area contributed by atoms with Crippen LogP contribution in [0, 0.1) is 0 Å². The van der Waals surface area contributed by atoms with Crippen LogP contribution >= 0.6 is 0 Å². The van der Waals surface area contributed by atoms with Gasteiger partial charge < -0.3 is 4.90 Å². The summed E-state index contributed by atoms with van der Waals surface area (Å²) in [6.45, 7) is 1.49. The zero-order chi connectivity index (χ0) is 16.5. The zero-order valence-corrected chi connectivity index (χ0v) is 13.6. The van der Waals surface area contributed by atoms with Crippen LogP contribution < -0.4 is 0 Å². The average Bonchev–Trinajstić information content (AvgIpc) is 3.07. The van der Waals surface area contributed by atoms with Crippen LogP contribution in [-0.2, 0) is 7.05 Å². The largest absolute Gasteiger partial charge is 0.337 e. The van der Waals surface area contributed by atoms with Crippen LogP contribution in [0.3, 0.4) is 0 Å². The van der Waals surface area contributed by atoms with Crippen LogP contribution in [-0.4, -0.2) is 43.6 Å². The molecule has 4 rings (SSSR count). The number of fused-ring (bicyclic) bond motifs is 1. The van der Waals surface area contributed by atoms with Gasteiger partial charge in [-0.3, -0.25) is 19.4 Å². The van der Waals surface area contributed by atoms with Crippen LogP contribution in [0.2, 0.25) is 0 Å². The van der Waals surface area contributed by atoms with Crippen LogP contribution in [0.1, 0.15) is 34.9 Å². The third-order valence-electron chi connectivity index (χ3n) is 4.75. The van der Waals surface area contributed by atoms with Gasteiger partial charge in [0, 0.05) is 55.7 Å². The zero-order valence-electron chi connectivity index (χ0n) is 13.6. The van der Waals surface area contributed by atoms with Gasteiger partial charge in [0.1, 0.15) is 5.69 Å². The van der Waals surface area contributed by atoms with Gasteiger partial charge >= 0.3 is 0 Å². The lowest BCUT2D eigenvalue weighted by molar-refractivity contribution is 0.0701. The molecule has 1 aliphatic heterocycles. The van der Waals surface area contributed by atoms with E-state index >= 15 is 0 Å². The van der Waals surface area contributed by atoms with Gasteiger partial charge in [-0.05, 0) is 37.1 Å². The Morgan fingerprint density at radius 3 is 2.75 bits per heavy atom. The molecule has 0 aliphatic carbocycles. The van der Waals surface area contributed by atoms with E-state index in [0.717, 1.165) is 42.5 Å². The molecule has 6 heteroatoms. The molecule has 1 saturated heterocycles. The minimum absolute atomic E-state index is 0.0570. The Labute approximate surface area is 140 Å². The minimum atomic E-state index is 0.0570. The summed E-state index contributed by atoms with van der Waals surface area (Å²) in [5.74, 6) is 0.439. The minimum Gasteiger partial charge on any atom is -0.337 e. The maximum atomic E-state index is 12.5. The van der Waals surface area contributed by atoms with Gasteiger partial charge in [0.2, 0.25) is 0 Å². The Morgan fingerprint density at radius 2 is 2.00 bits per heavy atom. The van der Waals surface area contributed by atoms with Gasteiger partial charge in [0.15, 0.2) is 0 Å². The number of aromatic nitrogens is 4. The number of nitrogens with zero attached hydrogens (tertiary/aromatic N) is 5. The molecule has 1 aliphatic rings. The highest BCUT2D eigenvalue weighted by Gasteiger charge is 2.26. The van der Waals surface area contributed by atoms with Crippen molar-refractivity contribution in [2.75, 3.05) is 13.1 Å². The van der Waals surface area contributed by atoms with E-state index in [2.05, 4.69) is 21.1 Å². The molecule has 0 spiro atoms. The average molecular weight is 321 g/mol. The lowest BCUT2D eigenvalue weighted by Gasteiger charge is -2.31. The lowest BCUT2D eigenvalue weighted by atomic mass is 9.92. The maximum Gasteiger partial charge on any atom is 0.272 e. The second kappa shape index (κ2) is 6.03. The highest BCUT2D eigenvalue weighted by molar-refractivity contribution is 5.92. The molecule has 0 saturated carbocycles. The predicted molar refractivity (Wildman–Crippen MR) is 90.6 cm³/mol. The molecule has 4 heterocycles. The van der Waals surface area contributed by atoms with E-state index in [1.807, 2.05) is 23.2 Å². The van der Waals surface area contributed by atoms with Crippen molar-refractivity contribution >= 4 is 16.8 Å². The normalized spacial score (nSPS) is 15.8. The summed E-state index contributed by atoms with van der Waals surface area (Å²) < 4.78 is 1.63. The number of rotatable bonds is 2. The predicted octanol–water partition coefficient (Wildman–Crippen LogP) is 2.38. The quantitative estimate of drug-likeness (QED) is 0.727. The number of aryl methyl sites for hydroxylation is 1. The Bertz CT molecular complexity index is 880. The van der Waals surface area contributed by atoms with E-state index in [1.54, 1.807) is 30.2 Å². The smallest absolute Gasteiger partial charge is 0.272 e. The van der Waals surface area contributed by atoms with Crippen molar-refractivity contribution < 1.29 is 4.79 Å². The first-order chi connectivity index (χ1) is 11.7. The van der Waals surface area contributed by atoms with E-state index in [0.29, 0.717) is 11.6 Å². The molecule has 1 amide bonds. The van der Waals surface area contributed by atoms with Gasteiger partial charge in [-0.2, -0.15) is 5.10 Å². The number of amides is 1. The molecule has 0 atom stereocenters. The Morgan fingerprint density at radius 1 is 1.17 bits per heavy atom. The monoisotopic (exact) mass is 321 g/mol. The molecular weight excluding hydrogens is 302 g/mol. The first-order valence-electron chi connectivity index (χ1n) is 8.20. The molecule has 122 valence electrons. The molecule has 6 nitrogen and oxygen atoms in total. The Kier molecular flexibility index (Phi) is 3.72. The van der Waals surface area contributed by atoms with Crippen molar-refractivity contribution in [2.24, 2.45) is 7.05 Å². The number of likely N-dealkylation sites (tertiary alicyclic amines) is 1. The first kappa shape index (κ1) is 14.8. The molecule has 24 heavy (non-hydrogen) atoms. The van der Waals surface area contributed by atoms with Crippen molar-refractivity contribution in [3.63, 3.8) is 0 Å². The SMILES string of the molecule is Cn1nccc1C(=O)N1CCC(c2cc3ncccc3cn2)CC1. The third kappa shape index (κ3) is 2.64. The van der Waals surface area contributed by atoms with Gasteiger partial charge in [-0.1, -0.05) is 0 Å². The number of hydrogen-bond donors (Lipinski definition) is 0. The van der Waals surface area contributed by atoms with Crippen molar-refractivity contribution in [1.82, 2.24) is 24.6 Å². The highest BCUT2D eigenvalue weighted by Crippen LogP contribution is 2.28. The van der Waals surface area contributed by atoms with Crippen molar-refractivity contribution in [3.05, 3.63) is 54.2 Å². The highest BCUT2D eigenvalue weighted by atomic mass is 16.2. The van der Waals surface area contributed by atoms with E-state index in [1.165, 1.54) is 0 Å². The summed E-state index contributed by atoms with van der Waals surface area (Å²) >= 11 is 0. The van der Waals surface area contributed by atoms with E-state index in [4.69, 9.17) is 0 Å². The van der Waals surface area contributed by atoms with Crippen molar-refractivity contribution in [2.45, 2.75) is 18.8 Å². The van der Waals surface area contributed by atoms with Crippen LogP contribution in [0.5, 0.6) is 0 Å². The number of piperidine rings is 1. The number of carbonyl (C=O) groups excluding carboxylic acids is 1. The number of carbonyl (C=O) groups is 1. The topological polar surface area (TPSA) is 63.9 Å². The molecule has 1 fully saturated rings. The summed E-state index contributed by atoms with van der Waals surface area (Å²) in [6, 6.07) is 7.80. The van der Waals surface area contributed by atoms with Crippen molar-refractivity contribution in [1.29, 1.82) is 0 Å². The summed E-state index contributed by atoms with van der Waals surface area (Å²) in [7, 11) is 1.80. The Balaban J connectivity index is 1.47.